The van der Waals surface area contributed by atoms with Gasteiger partial charge in [-0.1, -0.05) is 11.6 Å². The summed E-state index contributed by atoms with van der Waals surface area (Å²) in [5.74, 6) is 0.507. The molecule has 0 radical (unpaired) electrons. The zero-order chi connectivity index (χ0) is 14.6. The number of carbonyl (C=O) groups is 2. The van der Waals surface area contributed by atoms with E-state index >= 15 is 0 Å². The summed E-state index contributed by atoms with van der Waals surface area (Å²) in [5, 5.41) is 5.70. The third kappa shape index (κ3) is 4.17. The molecule has 0 spiro atoms. The number of nitrogens with zero attached hydrogens (tertiary/aromatic N) is 2. The molecule has 6 nitrogen and oxygen atoms in total. The van der Waals surface area contributed by atoms with Crippen molar-refractivity contribution >= 4 is 29.6 Å². The van der Waals surface area contributed by atoms with Gasteiger partial charge in [0.2, 0.25) is 5.91 Å². The highest BCUT2D eigenvalue weighted by atomic mass is 35.5. The lowest BCUT2D eigenvalue weighted by Gasteiger charge is -2.17. The highest BCUT2D eigenvalue weighted by Crippen LogP contribution is 2.19. The molecule has 19 heavy (non-hydrogen) atoms. The van der Waals surface area contributed by atoms with Gasteiger partial charge < -0.3 is 10.6 Å². The smallest absolute Gasteiger partial charge is 0.242 e. The van der Waals surface area contributed by atoms with E-state index in [1.807, 2.05) is 13.8 Å². The Labute approximate surface area is 117 Å². The number of carbonyl (C=O) groups excluding carboxylic acids is 2. The Balaban J connectivity index is 2.93. The summed E-state index contributed by atoms with van der Waals surface area (Å²) in [6, 6.07) is -0.496. The van der Waals surface area contributed by atoms with Crippen molar-refractivity contribution in [3.05, 3.63) is 16.5 Å². The summed E-state index contributed by atoms with van der Waals surface area (Å²) in [7, 11) is 0. The van der Waals surface area contributed by atoms with Crippen LogP contribution in [0, 0.1) is 6.92 Å². The first-order valence-corrected chi connectivity index (χ1v) is 6.29. The van der Waals surface area contributed by atoms with Gasteiger partial charge in [0.05, 0.1) is 5.56 Å². The summed E-state index contributed by atoms with van der Waals surface area (Å²) < 4.78 is 0. The van der Waals surface area contributed by atoms with Crippen LogP contribution >= 0.6 is 11.6 Å². The molecule has 0 saturated carbocycles. The normalized spacial score (nSPS) is 12.1. The SMILES string of the molecule is Cc1nc(Cl)c(C=O)c(NC(C)C(=O)NC(C)C)n1. The Bertz CT molecular complexity index is 491. The van der Waals surface area contributed by atoms with Crippen molar-refractivity contribution in [2.75, 3.05) is 5.32 Å². The number of rotatable bonds is 5. The third-order valence-corrected chi connectivity index (χ3v) is 2.59. The Morgan fingerprint density at radius 3 is 2.47 bits per heavy atom. The van der Waals surface area contributed by atoms with Crippen molar-refractivity contribution in [2.24, 2.45) is 0 Å². The predicted molar refractivity (Wildman–Crippen MR) is 73.5 cm³/mol. The minimum atomic E-state index is -0.536. The largest absolute Gasteiger partial charge is 0.358 e. The van der Waals surface area contributed by atoms with E-state index in [-0.39, 0.29) is 28.5 Å². The van der Waals surface area contributed by atoms with Gasteiger partial charge in [0.15, 0.2) is 6.29 Å². The molecule has 2 N–H and O–H groups in total. The van der Waals surface area contributed by atoms with Crippen LogP contribution in [0.15, 0.2) is 0 Å². The van der Waals surface area contributed by atoms with Crippen molar-refractivity contribution < 1.29 is 9.59 Å². The molecule has 0 aliphatic carbocycles. The second-order valence-corrected chi connectivity index (χ2v) is 4.83. The zero-order valence-corrected chi connectivity index (χ0v) is 12.1. The Morgan fingerprint density at radius 1 is 1.32 bits per heavy atom. The van der Waals surface area contributed by atoms with Crippen LogP contribution in [-0.4, -0.2) is 34.2 Å². The van der Waals surface area contributed by atoms with Crippen LogP contribution in [0.25, 0.3) is 0 Å². The Kier molecular flexibility index (Phi) is 5.23. The maximum absolute atomic E-state index is 11.8. The lowest BCUT2D eigenvalue weighted by molar-refractivity contribution is -0.122. The Hall–Kier alpha value is -1.69. The number of nitrogens with one attached hydrogen (secondary N) is 2. The van der Waals surface area contributed by atoms with E-state index in [0.717, 1.165) is 0 Å². The summed E-state index contributed by atoms with van der Waals surface area (Å²) >= 11 is 5.86. The van der Waals surface area contributed by atoms with Crippen molar-refractivity contribution in [3.63, 3.8) is 0 Å². The van der Waals surface area contributed by atoms with E-state index in [0.29, 0.717) is 12.1 Å². The number of hydrogen-bond acceptors (Lipinski definition) is 5. The lowest BCUT2D eigenvalue weighted by Crippen LogP contribution is -2.41. The highest BCUT2D eigenvalue weighted by Gasteiger charge is 2.18. The van der Waals surface area contributed by atoms with Crippen LogP contribution in [0.3, 0.4) is 0 Å². The van der Waals surface area contributed by atoms with Crippen LogP contribution in [-0.2, 0) is 4.79 Å². The molecule has 1 aromatic heterocycles. The monoisotopic (exact) mass is 284 g/mol. The summed E-state index contributed by atoms with van der Waals surface area (Å²) in [6.45, 7) is 7.07. The van der Waals surface area contributed by atoms with Gasteiger partial charge in [0.1, 0.15) is 22.8 Å². The molecule has 1 atom stereocenters. The lowest BCUT2D eigenvalue weighted by atomic mass is 10.2. The third-order valence-electron chi connectivity index (χ3n) is 2.31. The fraction of sp³-hybridized carbons (Fsp3) is 0.500. The van der Waals surface area contributed by atoms with Crippen molar-refractivity contribution in [2.45, 2.75) is 39.8 Å². The average Bonchev–Trinajstić information content (AvgIpc) is 2.27. The van der Waals surface area contributed by atoms with Gasteiger partial charge in [-0.2, -0.15) is 0 Å². The molecule has 0 bridgehead atoms. The Morgan fingerprint density at radius 2 is 1.95 bits per heavy atom. The molecule has 1 heterocycles. The summed E-state index contributed by atoms with van der Waals surface area (Å²) in [5.41, 5.74) is 0.150. The molecular formula is C12H17ClN4O2. The maximum Gasteiger partial charge on any atom is 0.242 e. The van der Waals surface area contributed by atoms with Gasteiger partial charge in [-0.05, 0) is 27.7 Å². The highest BCUT2D eigenvalue weighted by molar-refractivity contribution is 6.32. The van der Waals surface area contributed by atoms with E-state index in [4.69, 9.17) is 11.6 Å². The first-order chi connectivity index (χ1) is 8.85. The molecule has 1 unspecified atom stereocenters. The predicted octanol–water partition coefficient (Wildman–Crippen LogP) is 1.58. The molecule has 0 aromatic carbocycles. The van der Waals surface area contributed by atoms with E-state index < -0.39 is 6.04 Å². The molecular weight excluding hydrogens is 268 g/mol. The van der Waals surface area contributed by atoms with Crippen LogP contribution < -0.4 is 10.6 Å². The van der Waals surface area contributed by atoms with Crippen molar-refractivity contribution in [3.8, 4) is 0 Å². The summed E-state index contributed by atoms with van der Waals surface area (Å²) in [6.07, 6.45) is 0.567. The van der Waals surface area contributed by atoms with Crippen LogP contribution in [0.4, 0.5) is 5.82 Å². The molecule has 1 amide bonds. The number of halogens is 1. The second-order valence-electron chi connectivity index (χ2n) is 4.47. The topological polar surface area (TPSA) is 84.0 Å². The van der Waals surface area contributed by atoms with Gasteiger partial charge >= 0.3 is 0 Å². The first-order valence-electron chi connectivity index (χ1n) is 5.91. The second kappa shape index (κ2) is 6.47. The van der Waals surface area contributed by atoms with Gasteiger partial charge in [-0.15, -0.1) is 0 Å². The van der Waals surface area contributed by atoms with Gasteiger partial charge in [0.25, 0.3) is 0 Å². The zero-order valence-electron chi connectivity index (χ0n) is 11.3. The number of amides is 1. The van der Waals surface area contributed by atoms with Crippen LogP contribution in [0.1, 0.15) is 37.0 Å². The van der Waals surface area contributed by atoms with Gasteiger partial charge in [-0.25, -0.2) is 9.97 Å². The number of hydrogen-bond donors (Lipinski definition) is 2. The van der Waals surface area contributed by atoms with Crippen LogP contribution in [0.2, 0.25) is 5.15 Å². The number of aryl methyl sites for hydroxylation is 1. The van der Waals surface area contributed by atoms with E-state index in [9.17, 15) is 9.59 Å². The van der Waals surface area contributed by atoms with Crippen LogP contribution in [0.5, 0.6) is 0 Å². The molecule has 0 saturated heterocycles. The minimum Gasteiger partial charge on any atom is -0.358 e. The fourth-order valence-corrected chi connectivity index (χ4v) is 1.70. The number of aromatic nitrogens is 2. The van der Waals surface area contributed by atoms with E-state index in [1.165, 1.54) is 0 Å². The first kappa shape index (κ1) is 15.4. The molecule has 0 aliphatic heterocycles. The average molecular weight is 285 g/mol. The molecule has 0 aliphatic rings. The quantitative estimate of drug-likeness (QED) is 0.633. The molecule has 1 aromatic rings. The fourth-order valence-electron chi connectivity index (χ4n) is 1.44. The summed E-state index contributed by atoms with van der Waals surface area (Å²) in [4.78, 5) is 30.7. The standard InChI is InChI=1S/C12H17ClN4O2/c1-6(2)14-12(19)7(3)15-11-9(5-18)10(13)16-8(4)17-11/h5-7H,1-4H3,(H,14,19)(H,15,16,17). The number of anilines is 1. The molecule has 1 rings (SSSR count). The van der Waals surface area contributed by atoms with E-state index in [1.54, 1.807) is 13.8 Å². The molecule has 0 fully saturated rings. The minimum absolute atomic E-state index is 0.0398. The van der Waals surface area contributed by atoms with E-state index in [2.05, 4.69) is 20.6 Å². The molecule has 104 valence electrons. The van der Waals surface area contributed by atoms with Gasteiger partial charge in [0, 0.05) is 6.04 Å². The number of aldehydes is 1. The van der Waals surface area contributed by atoms with Gasteiger partial charge in [-0.3, -0.25) is 9.59 Å². The maximum atomic E-state index is 11.8. The molecule has 7 heteroatoms. The van der Waals surface area contributed by atoms with Crippen molar-refractivity contribution in [1.29, 1.82) is 0 Å². The van der Waals surface area contributed by atoms with Crippen molar-refractivity contribution in [1.82, 2.24) is 15.3 Å².